The molecular weight excluding hydrogens is 246 g/mol. The summed E-state index contributed by atoms with van der Waals surface area (Å²) >= 11 is 0. The summed E-state index contributed by atoms with van der Waals surface area (Å²) in [6, 6.07) is 6.39. The lowest BCUT2D eigenvalue weighted by Gasteiger charge is -2.24. The van der Waals surface area contributed by atoms with Gasteiger partial charge in [0.25, 0.3) is 0 Å². The predicted octanol–water partition coefficient (Wildman–Crippen LogP) is 3.85. The van der Waals surface area contributed by atoms with Crippen LogP contribution in [0.15, 0.2) is 18.2 Å². The van der Waals surface area contributed by atoms with E-state index in [1.165, 1.54) is 36.8 Å². The van der Waals surface area contributed by atoms with Gasteiger partial charge in [-0.1, -0.05) is 42.7 Å². The fourth-order valence-corrected chi connectivity index (χ4v) is 3.37. The van der Waals surface area contributed by atoms with E-state index in [1.807, 2.05) is 0 Å². The quantitative estimate of drug-likeness (QED) is 0.902. The molecule has 1 aliphatic heterocycles. The van der Waals surface area contributed by atoms with Crippen LogP contribution in [0.3, 0.4) is 0 Å². The van der Waals surface area contributed by atoms with Crippen LogP contribution >= 0.6 is 0 Å². The molecule has 0 aromatic heterocycles. The van der Waals surface area contributed by atoms with Crippen molar-refractivity contribution in [1.82, 2.24) is 4.90 Å². The lowest BCUT2D eigenvalue weighted by Crippen LogP contribution is -2.29. The Morgan fingerprint density at radius 2 is 1.85 bits per heavy atom. The number of rotatable bonds is 4. The first kappa shape index (κ1) is 15.5. The topological polar surface area (TPSA) is 23.5 Å². The number of hydrogen-bond acceptors (Lipinski definition) is 2. The molecule has 2 nitrogen and oxygen atoms in total. The molecule has 2 unspecified atom stereocenters. The molecule has 0 amide bonds. The SMILES string of the molecule is CCC1CCCN(CC(O)c2cc(C)cc(C)c2)CC1. The maximum Gasteiger partial charge on any atom is 0.0917 e. The molecule has 20 heavy (non-hydrogen) atoms. The van der Waals surface area contributed by atoms with Crippen LogP contribution in [0, 0.1) is 19.8 Å². The highest BCUT2D eigenvalue weighted by Gasteiger charge is 2.19. The van der Waals surface area contributed by atoms with Crippen LogP contribution in [0.5, 0.6) is 0 Å². The number of aliphatic hydroxyl groups is 1. The minimum absolute atomic E-state index is 0.355. The molecule has 1 aliphatic rings. The zero-order valence-corrected chi connectivity index (χ0v) is 13.2. The maximum atomic E-state index is 10.5. The molecule has 1 aromatic rings. The molecule has 0 bridgehead atoms. The van der Waals surface area contributed by atoms with Crippen molar-refractivity contribution in [3.05, 3.63) is 34.9 Å². The Labute approximate surface area is 123 Å². The molecule has 1 aromatic carbocycles. The lowest BCUT2D eigenvalue weighted by atomic mass is 9.98. The molecule has 1 N–H and O–H groups in total. The number of aryl methyl sites for hydroxylation is 2. The van der Waals surface area contributed by atoms with Gasteiger partial charge in [-0.25, -0.2) is 0 Å². The van der Waals surface area contributed by atoms with Crippen LogP contribution in [0.4, 0.5) is 0 Å². The van der Waals surface area contributed by atoms with Gasteiger partial charge in [0.15, 0.2) is 0 Å². The number of β-amino-alcohol motifs (C(OH)–C–C–N with tert-alkyl or cyclic N) is 1. The number of aliphatic hydroxyl groups excluding tert-OH is 1. The third kappa shape index (κ3) is 4.32. The fraction of sp³-hybridized carbons (Fsp3) is 0.667. The Bertz CT molecular complexity index is 409. The summed E-state index contributed by atoms with van der Waals surface area (Å²) < 4.78 is 0. The molecule has 2 rings (SSSR count). The highest BCUT2D eigenvalue weighted by molar-refractivity contribution is 5.30. The summed E-state index contributed by atoms with van der Waals surface area (Å²) in [6.45, 7) is 9.55. The molecule has 0 radical (unpaired) electrons. The second-order valence-electron chi connectivity index (χ2n) is 6.44. The van der Waals surface area contributed by atoms with Crippen molar-refractivity contribution >= 4 is 0 Å². The van der Waals surface area contributed by atoms with E-state index >= 15 is 0 Å². The molecule has 2 heteroatoms. The van der Waals surface area contributed by atoms with E-state index in [4.69, 9.17) is 0 Å². The van der Waals surface area contributed by atoms with E-state index in [1.54, 1.807) is 0 Å². The number of benzene rings is 1. The van der Waals surface area contributed by atoms with E-state index < -0.39 is 0 Å². The van der Waals surface area contributed by atoms with Gasteiger partial charge in [-0.2, -0.15) is 0 Å². The van der Waals surface area contributed by atoms with Gasteiger partial charge in [0.2, 0.25) is 0 Å². The summed E-state index contributed by atoms with van der Waals surface area (Å²) in [7, 11) is 0. The first-order chi connectivity index (χ1) is 9.58. The molecule has 0 saturated carbocycles. The van der Waals surface area contributed by atoms with Crippen LogP contribution in [-0.2, 0) is 0 Å². The van der Waals surface area contributed by atoms with Gasteiger partial charge in [-0.3, -0.25) is 0 Å². The van der Waals surface area contributed by atoms with Crippen molar-refractivity contribution in [2.24, 2.45) is 5.92 Å². The summed E-state index contributed by atoms with van der Waals surface area (Å²) in [5, 5.41) is 10.5. The Balaban J connectivity index is 1.95. The van der Waals surface area contributed by atoms with Gasteiger partial charge in [-0.05, 0) is 57.7 Å². The van der Waals surface area contributed by atoms with Crippen molar-refractivity contribution in [3.63, 3.8) is 0 Å². The zero-order chi connectivity index (χ0) is 14.5. The Morgan fingerprint density at radius 1 is 1.15 bits per heavy atom. The minimum Gasteiger partial charge on any atom is -0.387 e. The van der Waals surface area contributed by atoms with Crippen LogP contribution in [-0.4, -0.2) is 29.6 Å². The third-order valence-electron chi connectivity index (χ3n) is 4.58. The number of nitrogens with zero attached hydrogens (tertiary/aromatic N) is 1. The third-order valence-corrected chi connectivity index (χ3v) is 4.58. The second kappa shape index (κ2) is 7.24. The number of likely N-dealkylation sites (tertiary alicyclic amines) is 1. The van der Waals surface area contributed by atoms with Gasteiger partial charge in [0.1, 0.15) is 0 Å². The minimum atomic E-state index is -0.355. The Morgan fingerprint density at radius 3 is 2.50 bits per heavy atom. The molecule has 1 saturated heterocycles. The molecule has 112 valence electrons. The van der Waals surface area contributed by atoms with E-state index in [0.717, 1.165) is 31.1 Å². The van der Waals surface area contributed by atoms with Gasteiger partial charge in [0.05, 0.1) is 6.10 Å². The Hall–Kier alpha value is -0.860. The van der Waals surface area contributed by atoms with Crippen molar-refractivity contribution < 1.29 is 5.11 Å². The van der Waals surface area contributed by atoms with Gasteiger partial charge >= 0.3 is 0 Å². The highest BCUT2D eigenvalue weighted by atomic mass is 16.3. The zero-order valence-electron chi connectivity index (χ0n) is 13.2. The average molecular weight is 275 g/mol. The molecule has 2 atom stereocenters. The van der Waals surface area contributed by atoms with Crippen LogP contribution in [0.1, 0.15) is 55.4 Å². The standard InChI is InChI=1S/C18H29NO/c1-4-16-6-5-8-19(9-7-16)13-18(20)17-11-14(2)10-15(3)12-17/h10-12,16,18,20H,4-9,13H2,1-3H3. The molecule has 0 spiro atoms. The molecule has 1 fully saturated rings. The first-order valence-corrected chi connectivity index (χ1v) is 8.07. The largest absolute Gasteiger partial charge is 0.387 e. The van der Waals surface area contributed by atoms with E-state index in [0.29, 0.717) is 0 Å². The van der Waals surface area contributed by atoms with Crippen LogP contribution in [0.2, 0.25) is 0 Å². The van der Waals surface area contributed by atoms with Crippen molar-refractivity contribution in [1.29, 1.82) is 0 Å². The van der Waals surface area contributed by atoms with Gasteiger partial charge in [0, 0.05) is 6.54 Å². The molecule has 0 aliphatic carbocycles. The predicted molar refractivity (Wildman–Crippen MR) is 84.9 cm³/mol. The first-order valence-electron chi connectivity index (χ1n) is 8.07. The smallest absolute Gasteiger partial charge is 0.0917 e. The lowest BCUT2D eigenvalue weighted by molar-refractivity contribution is 0.114. The van der Waals surface area contributed by atoms with Crippen LogP contribution in [0.25, 0.3) is 0 Å². The fourth-order valence-electron chi connectivity index (χ4n) is 3.37. The summed E-state index contributed by atoms with van der Waals surface area (Å²) in [5.41, 5.74) is 3.54. The van der Waals surface area contributed by atoms with Crippen LogP contribution < -0.4 is 0 Å². The normalized spacial score (nSPS) is 22.5. The highest BCUT2D eigenvalue weighted by Crippen LogP contribution is 2.23. The van der Waals surface area contributed by atoms with Crippen molar-refractivity contribution in [2.75, 3.05) is 19.6 Å². The summed E-state index contributed by atoms with van der Waals surface area (Å²) in [6.07, 6.45) is 4.86. The summed E-state index contributed by atoms with van der Waals surface area (Å²) in [5.74, 6) is 0.887. The monoisotopic (exact) mass is 275 g/mol. The summed E-state index contributed by atoms with van der Waals surface area (Å²) in [4.78, 5) is 2.44. The molecular formula is C18H29NO. The molecule has 1 heterocycles. The van der Waals surface area contributed by atoms with Crippen molar-refractivity contribution in [3.8, 4) is 0 Å². The van der Waals surface area contributed by atoms with E-state index in [9.17, 15) is 5.11 Å². The van der Waals surface area contributed by atoms with E-state index in [2.05, 4.69) is 43.9 Å². The maximum absolute atomic E-state index is 10.5. The van der Waals surface area contributed by atoms with E-state index in [-0.39, 0.29) is 6.10 Å². The second-order valence-corrected chi connectivity index (χ2v) is 6.44. The van der Waals surface area contributed by atoms with Crippen molar-refractivity contribution in [2.45, 2.75) is 52.6 Å². The van der Waals surface area contributed by atoms with Gasteiger partial charge < -0.3 is 10.0 Å². The Kier molecular flexibility index (Phi) is 5.62. The van der Waals surface area contributed by atoms with Gasteiger partial charge in [-0.15, -0.1) is 0 Å². The number of hydrogen-bond donors (Lipinski definition) is 1. The average Bonchev–Trinajstić information content (AvgIpc) is 2.62.